The summed E-state index contributed by atoms with van der Waals surface area (Å²) in [5, 5.41) is 10.6. The minimum absolute atomic E-state index is 0.00311. The molecule has 2 N–H and O–H groups in total. The number of benzene rings is 2. The first-order valence-corrected chi connectivity index (χ1v) is 9.01. The topological polar surface area (TPSA) is 85.2 Å². The fourth-order valence-electron chi connectivity index (χ4n) is 3.08. The highest BCUT2D eigenvalue weighted by molar-refractivity contribution is 6.30. The maximum Gasteiger partial charge on any atom is 0.249 e. The van der Waals surface area contributed by atoms with Crippen LogP contribution in [-0.4, -0.2) is 28.7 Å². The zero-order chi connectivity index (χ0) is 19.7. The van der Waals surface area contributed by atoms with Crippen molar-refractivity contribution in [3.63, 3.8) is 0 Å². The summed E-state index contributed by atoms with van der Waals surface area (Å²) >= 11 is 5.97. The van der Waals surface area contributed by atoms with E-state index < -0.39 is 6.04 Å². The lowest BCUT2D eigenvalue weighted by Gasteiger charge is -2.23. The number of hydrogen-bond acceptors (Lipinski definition) is 4. The van der Waals surface area contributed by atoms with Crippen molar-refractivity contribution in [1.29, 1.82) is 0 Å². The van der Waals surface area contributed by atoms with E-state index in [1.165, 1.54) is 0 Å². The molecule has 0 aliphatic carbocycles. The number of halogens is 1. The number of aromatic nitrogens is 2. The Morgan fingerprint density at radius 2 is 2.04 bits per heavy atom. The van der Waals surface area contributed by atoms with Crippen LogP contribution in [0.3, 0.4) is 0 Å². The molecule has 0 saturated heterocycles. The van der Waals surface area contributed by atoms with Gasteiger partial charge in [-0.2, -0.15) is 5.10 Å². The lowest BCUT2D eigenvalue weighted by molar-refractivity contribution is -0.125. The molecule has 3 aromatic rings. The van der Waals surface area contributed by atoms with Crippen molar-refractivity contribution in [2.45, 2.75) is 12.5 Å². The van der Waals surface area contributed by atoms with Gasteiger partial charge in [0.15, 0.2) is 0 Å². The lowest BCUT2D eigenvalue weighted by Crippen LogP contribution is -2.35. The molecule has 0 saturated carbocycles. The number of carbonyl (C=O) groups is 2. The number of amides is 2. The maximum atomic E-state index is 12.8. The summed E-state index contributed by atoms with van der Waals surface area (Å²) in [5.74, 6) is 0.649. The van der Waals surface area contributed by atoms with Crippen LogP contribution in [0.5, 0.6) is 5.75 Å². The number of ether oxygens (including phenoxy) is 1. The highest BCUT2D eigenvalue weighted by Gasteiger charge is 2.32. The van der Waals surface area contributed by atoms with Gasteiger partial charge in [-0.3, -0.25) is 9.59 Å². The monoisotopic (exact) mass is 396 g/mol. The SMILES string of the molecule is COc1ccc(-c2cc3n(n2)[C@H](C(=O)Nc2cccc(Cl)c2)CC(=O)N3)cc1. The van der Waals surface area contributed by atoms with Crippen LogP contribution in [0.15, 0.2) is 54.6 Å². The van der Waals surface area contributed by atoms with Gasteiger partial charge in [0.25, 0.3) is 0 Å². The van der Waals surface area contributed by atoms with E-state index in [-0.39, 0.29) is 18.2 Å². The molecule has 1 aromatic heterocycles. The van der Waals surface area contributed by atoms with E-state index >= 15 is 0 Å². The van der Waals surface area contributed by atoms with E-state index in [2.05, 4.69) is 15.7 Å². The fraction of sp³-hybridized carbons (Fsp3) is 0.150. The second kappa shape index (κ2) is 7.36. The highest BCUT2D eigenvalue weighted by Crippen LogP contribution is 2.31. The van der Waals surface area contributed by atoms with Crippen LogP contribution in [0.1, 0.15) is 12.5 Å². The summed E-state index contributed by atoms with van der Waals surface area (Å²) in [7, 11) is 1.60. The standard InChI is InChI=1S/C20H17ClN4O3/c1-28-15-7-5-12(6-8-15)16-10-18-23-19(26)11-17(25(18)24-16)20(27)22-14-4-2-3-13(21)9-14/h2-10,17H,11H2,1H3,(H,22,27)(H,23,26)/t17-/m0/s1. The fourth-order valence-corrected chi connectivity index (χ4v) is 3.27. The first kappa shape index (κ1) is 18.1. The average molecular weight is 397 g/mol. The minimum atomic E-state index is -0.755. The van der Waals surface area contributed by atoms with Crippen molar-refractivity contribution < 1.29 is 14.3 Å². The molecule has 1 aliphatic heterocycles. The van der Waals surface area contributed by atoms with Crippen LogP contribution in [0.4, 0.5) is 11.5 Å². The summed E-state index contributed by atoms with van der Waals surface area (Å²) in [4.78, 5) is 24.9. The number of nitrogens with one attached hydrogen (secondary N) is 2. The van der Waals surface area contributed by atoms with E-state index in [1.54, 1.807) is 42.1 Å². The summed E-state index contributed by atoms with van der Waals surface area (Å²) in [6, 6.07) is 15.2. The normalized spacial score (nSPS) is 15.5. The molecule has 0 bridgehead atoms. The molecule has 28 heavy (non-hydrogen) atoms. The average Bonchev–Trinajstić information content (AvgIpc) is 3.11. The molecule has 142 valence electrons. The quantitative estimate of drug-likeness (QED) is 0.703. The second-order valence-electron chi connectivity index (χ2n) is 6.36. The molecule has 4 rings (SSSR count). The van der Waals surface area contributed by atoms with Gasteiger partial charge in [0.05, 0.1) is 19.2 Å². The van der Waals surface area contributed by atoms with Crippen molar-refractivity contribution in [3.8, 4) is 17.0 Å². The molecule has 1 aliphatic rings. The third-order valence-corrected chi connectivity index (χ3v) is 4.69. The third-order valence-electron chi connectivity index (χ3n) is 4.46. The van der Waals surface area contributed by atoms with Gasteiger partial charge in [0.2, 0.25) is 11.8 Å². The van der Waals surface area contributed by atoms with Crippen LogP contribution in [0, 0.1) is 0 Å². The van der Waals surface area contributed by atoms with Gasteiger partial charge in [-0.25, -0.2) is 4.68 Å². The molecule has 1 atom stereocenters. The zero-order valence-corrected chi connectivity index (χ0v) is 15.7. The van der Waals surface area contributed by atoms with Crippen LogP contribution in [0.2, 0.25) is 5.02 Å². The van der Waals surface area contributed by atoms with Crippen molar-refractivity contribution >= 4 is 34.9 Å². The summed E-state index contributed by atoms with van der Waals surface area (Å²) in [6.07, 6.45) is 0.00311. The number of methoxy groups -OCH3 is 1. The highest BCUT2D eigenvalue weighted by atomic mass is 35.5. The van der Waals surface area contributed by atoms with Gasteiger partial charge in [0.1, 0.15) is 17.6 Å². The minimum Gasteiger partial charge on any atom is -0.497 e. The molecule has 0 unspecified atom stereocenters. The number of carbonyl (C=O) groups excluding carboxylic acids is 2. The Labute approximate surface area is 166 Å². The molecule has 0 radical (unpaired) electrons. The number of anilines is 2. The van der Waals surface area contributed by atoms with E-state index in [0.29, 0.717) is 22.2 Å². The number of rotatable bonds is 4. The van der Waals surface area contributed by atoms with Crippen molar-refractivity contribution in [1.82, 2.24) is 9.78 Å². The first-order chi connectivity index (χ1) is 13.5. The molecular weight excluding hydrogens is 380 g/mol. The smallest absolute Gasteiger partial charge is 0.249 e. The largest absolute Gasteiger partial charge is 0.497 e. The predicted molar refractivity (Wildman–Crippen MR) is 107 cm³/mol. The van der Waals surface area contributed by atoms with Gasteiger partial charge in [-0.05, 0) is 42.5 Å². The van der Waals surface area contributed by atoms with E-state index in [1.807, 2.05) is 24.3 Å². The number of fused-ring (bicyclic) bond motifs is 1. The Bertz CT molecular complexity index is 1050. The molecule has 2 aromatic carbocycles. The Morgan fingerprint density at radius 3 is 2.75 bits per heavy atom. The molecule has 0 spiro atoms. The van der Waals surface area contributed by atoms with E-state index in [9.17, 15) is 9.59 Å². The zero-order valence-electron chi connectivity index (χ0n) is 15.0. The van der Waals surface area contributed by atoms with Gasteiger partial charge in [-0.15, -0.1) is 0 Å². The van der Waals surface area contributed by atoms with Crippen LogP contribution >= 0.6 is 11.6 Å². The lowest BCUT2D eigenvalue weighted by atomic mass is 10.1. The van der Waals surface area contributed by atoms with Gasteiger partial charge in [0, 0.05) is 22.3 Å². The van der Waals surface area contributed by atoms with Gasteiger partial charge < -0.3 is 15.4 Å². The van der Waals surface area contributed by atoms with E-state index in [4.69, 9.17) is 16.3 Å². The van der Waals surface area contributed by atoms with Gasteiger partial charge in [-0.1, -0.05) is 17.7 Å². The number of hydrogen-bond donors (Lipinski definition) is 2. The van der Waals surface area contributed by atoms with Crippen molar-refractivity contribution in [3.05, 3.63) is 59.6 Å². The predicted octanol–water partition coefficient (Wildman–Crippen LogP) is 3.73. The second-order valence-corrected chi connectivity index (χ2v) is 6.79. The Hall–Kier alpha value is -3.32. The van der Waals surface area contributed by atoms with Crippen molar-refractivity contribution in [2.75, 3.05) is 17.7 Å². The Balaban J connectivity index is 1.63. The molecule has 2 heterocycles. The van der Waals surface area contributed by atoms with E-state index in [0.717, 1.165) is 11.3 Å². The van der Waals surface area contributed by atoms with Crippen molar-refractivity contribution in [2.24, 2.45) is 0 Å². The molecular formula is C20H17ClN4O3. The van der Waals surface area contributed by atoms with Crippen LogP contribution in [-0.2, 0) is 9.59 Å². The molecule has 2 amide bonds. The Kier molecular flexibility index (Phi) is 4.75. The summed E-state index contributed by atoms with van der Waals surface area (Å²) in [6.45, 7) is 0. The van der Waals surface area contributed by atoms with Crippen LogP contribution < -0.4 is 15.4 Å². The van der Waals surface area contributed by atoms with Crippen LogP contribution in [0.25, 0.3) is 11.3 Å². The molecule has 8 heteroatoms. The third kappa shape index (κ3) is 3.57. The molecule has 7 nitrogen and oxygen atoms in total. The van der Waals surface area contributed by atoms with Gasteiger partial charge >= 0.3 is 0 Å². The summed E-state index contributed by atoms with van der Waals surface area (Å²) < 4.78 is 6.71. The number of nitrogens with zero attached hydrogens (tertiary/aromatic N) is 2. The molecule has 0 fully saturated rings. The Morgan fingerprint density at radius 1 is 1.25 bits per heavy atom. The summed E-state index contributed by atoms with van der Waals surface area (Å²) in [5.41, 5.74) is 2.07. The first-order valence-electron chi connectivity index (χ1n) is 8.64. The maximum absolute atomic E-state index is 12.8.